The third-order valence-corrected chi connectivity index (χ3v) is 7.55. The summed E-state index contributed by atoms with van der Waals surface area (Å²) in [6.07, 6.45) is 1.21. The molecule has 0 spiro atoms. The van der Waals surface area contributed by atoms with Crippen LogP contribution in [0.3, 0.4) is 0 Å². The highest BCUT2D eigenvalue weighted by molar-refractivity contribution is 7.10. The van der Waals surface area contributed by atoms with Gasteiger partial charge in [-0.2, -0.15) is 0 Å². The monoisotopic (exact) mass is 520 g/mol. The van der Waals surface area contributed by atoms with Crippen LogP contribution in [0, 0.1) is 0 Å². The van der Waals surface area contributed by atoms with Gasteiger partial charge in [0.1, 0.15) is 12.3 Å². The molecule has 4 aromatic rings. The average molecular weight is 521 g/mol. The van der Waals surface area contributed by atoms with E-state index in [0.717, 1.165) is 23.4 Å². The zero-order chi connectivity index (χ0) is 25.9. The third-order valence-electron chi connectivity index (χ3n) is 6.54. The van der Waals surface area contributed by atoms with Gasteiger partial charge in [0.05, 0.1) is 10.5 Å². The van der Waals surface area contributed by atoms with Crippen LogP contribution in [0.25, 0.3) is 11.1 Å². The first-order chi connectivity index (χ1) is 17.9. The van der Waals surface area contributed by atoms with Crippen molar-refractivity contribution in [1.82, 2.24) is 14.9 Å². The van der Waals surface area contributed by atoms with Crippen LogP contribution in [0.4, 0.5) is 10.5 Å². The Labute approximate surface area is 217 Å². The fourth-order valence-corrected chi connectivity index (χ4v) is 5.31. The van der Waals surface area contributed by atoms with Gasteiger partial charge in [0.25, 0.3) is 5.91 Å². The highest BCUT2D eigenvalue weighted by Gasteiger charge is 2.27. The Hall–Kier alpha value is -3.92. The minimum Gasteiger partial charge on any atom is -0.445 e. The van der Waals surface area contributed by atoms with Gasteiger partial charge in [0, 0.05) is 36.1 Å². The number of hydrogen-bond acceptors (Lipinski definition) is 7. The van der Waals surface area contributed by atoms with Gasteiger partial charge in [-0.15, -0.1) is 11.3 Å². The van der Waals surface area contributed by atoms with Crippen molar-refractivity contribution in [2.75, 3.05) is 18.4 Å². The van der Waals surface area contributed by atoms with Crippen LogP contribution in [-0.2, 0) is 11.3 Å². The SMILES string of the molecule is CC(C)c1ccc(COC(=O)N2CCC(c3nc(C(=O)Nc4ccc5[nH]c(=O)oc5c4)cs3)CC2)cc1. The second-order valence-corrected chi connectivity index (χ2v) is 10.4. The van der Waals surface area contributed by atoms with Crippen molar-refractivity contribution in [1.29, 1.82) is 0 Å². The molecule has 0 aliphatic carbocycles. The predicted octanol–water partition coefficient (Wildman–Crippen LogP) is 5.47. The molecular formula is C27H28N4O5S. The Morgan fingerprint density at radius 3 is 2.68 bits per heavy atom. The maximum Gasteiger partial charge on any atom is 0.417 e. The lowest BCUT2D eigenvalue weighted by Gasteiger charge is -2.30. The van der Waals surface area contributed by atoms with Crippen LogP contribution < -0.4 is 11.1 Å². The van der Waals surface area contributed by atoms with Crippen LogP contribution in [0.1, 0.15) is 65.1 Å². The van der Waals surface area contributed by atoms with Crippen LogP contribution in [0.15, 0.2) is 57.1 Å². The minimum absolute atomic E-state index is 0.185. The number of oxazole rings is 1. The second-order valence-electron chi connectivity index (χ2n) is 9.46. The molecule has 37 heavy (non-hydrogen) atoms. The molecule has 9 nitrogen and oxygen atoms in total. The zero-order valence-corrected chi connectivity index (χ0v) is 21.5. The smallest absolute Gasteiger partial charge is 0.417 e. The van der Waals surface area contributed by atoms with Crippen LogP contribution in [0.2, 0.25) is 0 Å². The van der Waals surface area contributed by atoms with Crippen molar-refractivity contribution in [3.63, 3.8) is 0 Å². The van der Waals surface area contributed by atoms with Gasteiger partial charge in [-0.1, -0.05) is 38.1 Å². The molecule has 2 aromatic heterocycles. The molecule has 2 N–H and O–H groups in total. The fraction of sp³-hybridized carbons (Fsp3) is 0.333. The maximum atomic E-state index is 12.7. The molecule has 0 bridgehead atoms. The van der Waals surface area contributed by atoms with Gasteiger partial charge in [-0.05, 0) is 42.0 Å². The molecule has 1 aliphatic heterocycles. The number of nitrogens with zero attached hydrogens (tertiary/aromatic N) is 2. The number of carbonyl (C=O) groups excluding carboxylic acids is 2. The summed E-state index contributed by atoms with van der Waals surface area (Å²) in [5.74, 6) is -0.225. The molecule has 0 unspecified atom stereocenters. The number of nitrogens with one attached hydrogen (secondary N) is 2. The number of fused-ring (bicyclic) bond motifs is 1. The highest BCUT2D eigenvalue weighted by atomic mass is 32.1. The summed E-state index contributed by atoms with van der Waals surface area (Å²) in [7, 11) is 0. The van der Waals surface area contributed by atoms with Crippen molar-refractivity contribution in [3.05, 3.63) is 80.2 Å². The molecule has 2 aromatic carbocycles. The van der Waals surface area contributed by atoms with Gasteiger partial charge < -0.3 is 19.4 Å². The van der Waals surface area contributed by atoms with E-state index >= 15 is 0 Å². The first-order valence-corrected chi connectivity index (χ1v) is 13.1. The summed E-state index contributed by atoms with van der Waals surface area (Å²) in [6, 6.07) is 13.1. The summed E-state index contributed by atoms with van der Waals surface area (Å²) in [5.41, 5.74) is 4.01. The Morgan fingerprint density at radius 1 is 1.19 bits per heavy atom. The van der Waals surface area contributed by atoms with E-state index < -0.39 is 5.76 Å². The zero-order valence-electron chi connectivity index (χ0n) is 20.7. The van der Waals surface area contributed by atoms with Crippen LogP contribution >= 0.6 is 11.3 Å². The average Bonchev–Trinajstić information content (AvgIpc) is 3.54. The molecule has 1 saturated heterocycles. The van der Waals surface area contributed by atoms with Gasteiger partial charge >= 0.3 is 11.8 Å². The topological polar surface area (TPSA) is 118 Å². The molecule has 0 saturated carbocycles. The number of aromatic nitrogens is 2. The minimum atomic E-state index is -0.543. The Balaban J connectivity index is 1.11. The molecule has 0 atom stereocenters. The van der Waals surface area contributed by atoms with Crippen molar-refractivity contribution in [2.24, 2.45) is 0 Å². The largest absolute Gasteiger partial charge is 0.445 e. The number of amides is 2. The first kappa shape index (κ1) is 24.8. The van der Waals surface area contributed by atoms with E-state index in [1.165, 1.54) is 16.9 Å². The molecular weight excluding hydrogens is 492 g/mol. The van der Waals surface area contributed by atoms with E-state index in [1.54, 1.807) is 28.5 Å². The van der Waals surface area contributed by atoms with Gasteiger partial charge in [-0.3, -0.25) is 9.78 Å². The Bertz CT molecular complexity index is 1460. The van der Waals surface area contributed by atoms with Crippen molar-refractivity contribution in [2.45, 2.75) is 45.1 Å². The summed E-state index contributed by atoms with van der Waals surface area (Å²) < 4.78 is 10.6. The predicted molar refractivity (Wildman–Crippen MR) is 141 cm³/mol. The van der Waals surface area contributed by atoms with Crippen molar-refractivity contribution >= 4 is 40.1 Å². The summed E-state index contributed by atoms with van der Waals surface area (Å²) in [6.45, 7) is 5.71. The normalized spacial score (nSPS) is 14.3. The molecule has 0 radical (unpaired) electrons. The number of carbonyl (C=O) groups is 2. The summed E-state index contributed by atoms with van der Waals surface area (Å²) in [5, 5.41) is 5.42. The number of thiazole rings is 1. The van der Waals surface area contributed by atoms with E-state index in [-0.39, 0.29) is 24.5 Å². The number of likely N-dealkylation sites (tertiary alicyclic amines) is 1. The van der Waals surface area contributed by atoms with Crippen molar-refractivity contribution in [3.8, 4) is 0 Å². The van der Waals surface area contributed by atoms with Crippen LogP contribution in [-0.4, -0.2) is 40.0 Å². The quantitative estimate of drug-likeness (QED) is 0.348. The van der Waals surface area contributed by atoms with Gasteiger partial charge in [0.15, 0.2) is 5.58 Å². The number of H-pyrrole nitrogens is 1. The maximum absolute atomic E-state index is 12.7. The molecule has 3 heterocycles. The number of rotatable bonds is 6. The van der Waals surface area contributed by atoms with E-state index in [2.05, 4.69) is 41.3 Å². The number of hydrogen-bond donors (Lipinski definition) is 2. The third kappa shape index (κ3) is 5.75. The Morgan fingerprint density at radius 2 is 1.95 bits per heavy atom. The van der Waals surface area contributed by atoms with E-state index in [1.807, 2.05) is 12.1 Å². The Kier molecular flexibility index (Phi) is 7.09. The number of anilines is 1. The lowest BCUT2D eigenvalue weighted by molar-refractivity contribution is 0.0870. The lowest BCUT2D eigenvalue weighted by Crippen LogP contribution is -2.38. The lowest BCUT2D eigenvalue weighted by atomic mass is 9.98. The van der Waals surface area contributed by atoms with E-state index in [0.29, 0.717) is 41.5 Å². The molecule has 10 heteroatoms. The van der Waals surface area contributed by atoms with Crippen molar-refractivity contribution < 1.29 is 18.7 Å². The summed E-state index contributed by atoms with van der Waals surface area (Å²) >= 11 is 1.45. The molecule has 1 aliphatic rings. The highest BCUT2D eigenvalue weighted by Crippen LogP contribution is 2.31. The van der Waals surface area contributed by atoms with Crippen LogP contribution in [0.5, 0.6) is 0 Å². The number of benzene rings is 2. The fourth-order valence-electron chi connectivity index (χ4n) is 4.34. The van der Waals surface area contributed by atoms with Gasteiger partial charge in [-0.25, -0.2) is 14.6 Å². The van der Waals surface area contributed by atoms with E-state index in [9.17, 15) is 14.4 Å². The summed E-state index contributed by atoms with van der Waals surface area (Å²) in [4.78, 5) is 45.4. The molecule has 1 fully saturated rings. The molecule has 5 rings (SSSR count). The van der Waals surface area contributed by atoms with E-state index in [4.69, 9.17) is 9.15 Å². The number of ether oxygens (including phenoxy) is 1. The number of piperidine rings is 1. The number of aromatic amines is 1. The first-order valence-electron chi connectivity index (χ1n) is 12.3. The molecule has 2 amide bonds. The second kappa shape index (κ2) is 10.6. The van der Waals surface area contributed by atoms with Gasteiger partial charge in [0.2, 0.25) is 0 Å². The standard InChI is InChI=1S/C27H28N4O5S/c1-16(2)18-5-3-17(4-6-18)14-35-27(34)31-11-9-19(10-12-31)25-29-22(15-37-25)24(32)28-20-7-8-21-23(13-20)36-26(33)30-21/h3-8,13,15-16,19H,9-12,14H2,1-2H3,(H,28,32)(H,30,33). The molecule has 192 valence electrons.